The van der Waals surface area contributed by atoms with E-state index in [9.17, 15) is 14.9 Å². The lowest BCUT2D eigenvalue weighted by atomic mass is 10.1. The molecule has 0 bridgehead atoms. The molecule has 0 heterocycles. The first-order chi connectivity index (χ1) is 7.91. The van der Waals surface area contributed by atoms with E-state index in [1.54, 1.807) is 0 Å². The molecule has 17 heavy (non-hydrogen) atoms. The molecule has 0 aliphatic carbocycles. The van der Waals surface area contributed by atoms with Crippen molar-refractivity contribution in [2.75, 3.05) is 0 Å². The number of carboxylic acids is 1. The number of hydrogen-bond acceptors (Lipinski definition) is 4. The van der Waals surface area contributed by atoms with E-state index in [0.29, 0.717) is 5.56 Å². The molecule has 0 aliphatic heterocycles. The largest absolute Gasteiger partial charge is 0.480 e. The molecule has 0 saturated heterocycles. The Morgan fingerprint density at radius 1 is 1.65 bits per heavy atom. The Balaban J connectivity index is 2.84. The summed E-state index contributed by atoms with van der Waals surface area (Å²) < 4.78 is 0. The van der Waals surface area contributed by atoms with Crippen molar-refractivity contribution < 1.29 is 14.8 Å². The van der Waals surface area contributed by atoms with Crippen molar-refractivity contribution in [3.8, 4) is 0 Å². The topological polar surface area (TPSA) is 92.5 Å². The van der Waals surface area contributed by atoms with E-state index in [1.165, 1.54) is 25.1 Å². The second-order valence-electron chi connectivity index (χ2n) is 3.47. The summed E-state index contributed by atoms with van der Waals surface area (Å²) >= 11 is 5.66. The Labute approximate surface area is 102 Å². The van der Waals surface area contributed by atoms with Crippen LogP contribution in [-0.4, -0.2) is 22.0 Å². The maximum Gasteiger partial charge on any atom is 0.320 e. The number of nitro benzene ring substituents is 1. The number of carboxylic acid groups (broad SMARTS) is 1. The summed E-state index contributed by atoms with van der Waals surface area (Å²) in [5.41, 5.74) is 0.273. The van der Waals surface area contributed by atoms with Crippen LogP contribution in [0.1, 0.15) is 12.5 Å². The minimum absolute atomic E-state index is 0.0982. The molecule has 0 amide bonds. The predicted octanol–water partition coefficient (Wildman–Crippen LogP) is 1.81. The van der Waals surface area contributed by atoms with Gasteiger partial charge in [-0.25, -0.2) is 0 Å². The smallest absolute Gasteiger partial charge is 0.320 e. The number of nitrogens with zero attached hydrogens (tertiary/aromatic N) is 1. The number of halogens is 1. The van der Waals surface area contributed by atoms with Crippen LogP contribution in [0, 0.1) is 10.1 Å². The van der Waals surface area contributed by atoms with Crippen LogP contribution in [0.25, 0.3) is 0 Å². The molecule has 92 valence electrons. The zero-order valence-corrected chi connectivity index (χ0v) is 9.77. The van der Waals surface area contributed by atoms with Crippen LogP contribution in [0.2, 0.25) is 5.02 Å². The fraction of sp³-hybridized carbons (Fsp3) is 0.300. The molecule has 1 rings (SSSR count). The highest BCUT2D eigenvalue weighted by molar-refractivity contribution is 6.30. The van der Waals surface area contributed by atoms with Crippen LogP contribution in [0.3, 0.4) is 0 Å². The zero-order valence-electron chi connectivity index (χ0n) is 9.01. The summed E-state index contributed by atoms with van der Waals surface area (Å²) in [7, 11) is 0. The average Bonchev–Trinajstić information content (AvgIpc) is 2.26. The van der Waals surface area contributed by atoms with Gasteiger partial charge in [0.1, 0.15) is 6.04 Å². The number of carbonyl (C=O) groups is 1. The quantitative estimate of drug-likeness (QED) is 0.621. The van der Waals surface area contributed by atoms with Crippen molar-refractivity contribution in [3.05, 3.63) is 38.9 Å². The monoisotopic (exact) mass is 258 g/mol. The Morgan fingerprint density at radius 2 is 2.29 bits per heavy atom. The lowest BCUT2D eigenvalue weighted by Gasteiger charge is -2.09. The van der Waals surface area contributed by atoms with Crippen LogP contribution < -0.4 is 5.32 Å². The maximum absolute atomic E-state index is 10.8. The van der Waals surface area contributed by atoms with Gasteiger partial charge in [0.05, 0.1) is 4.92 Å². The van der Waals surface area contributed by atoms with Crippen molar-refractivity contribution in [2.45, 2.75) is 19.5 Å². The van der Waals surface area contributed by atoms with Gasteiger partial charge in [0, 0.05) is 23.2 Å². The number of nitrogens with one attached hydrogen (secondary N) is 1. The summed E-state index contributed by atoms with van der Waals surface area (Å²) in [4.78, 5) is 20.8. The first-order valence-corrected chi connectivity index (χ1v) is 5.18. The van der Waals surface area contributed by atoms with Gasteiger partial charge in [-0.1, -0.05) is 11.6 Å². The fourth-order valence-corrected chi connectivity index (χ4v) is 1.37. The summed E-state index contributed by atoms with van der Waals surface area (Å²) in [6, 6.07) is 3.49. The number of benzene rings is 1. The van der Waals surface area contributed by atoms with Crippen molar-refractivity contribution >= 4 is 23.3 Å². The zero-order chi connectivity index (χ0) is 13.0. The lowest BCUT2D eigenvalue weighted by Crippen LogP contribution is -2.33. The summed E-state index contributed by atoms with van der Waals surface area (Å²) in [5.74, 6) is -1.01. The van der Waals surface area contributed by atoms with Gasteiger partial charge in [-0.15, -0.1) is 0 Å². The van der Waals surface area contributed by atoms with Gasteiger partial charge in [-0.3, -0.25) is 14.9 Å². The number of rotatable bonds is 5. The summed E-state index contributed by atoms with van der Waals surface area (Å²) in [5, 5.41) is 22.4. The highest BCUT2D eigenvalue weighted by Gasteiger charge is 2.16. The molecule has 6 nitrogen and oxygen atoms in total. The molecule has 0 aliphatic rings. The first-order valence-electron chi connectivity index (χ1n) is 4.81. The van der Waals surface area contributed by atoms with Crippen LogP contribution >= 0.6 is 11.6 Å². The Kier molecular flexibility index (Phi) is 4.42. The molecular formula is C10H11ClN2O4. The van der Waals surface area contributed by atoms with E-state index in [2.05, 4.69) is 5.32 Å². The molecule has 0 radical (unpaired) electrons. The average molecular weight is 259 g/mol. The fourth-order valence-electron chi connectivity index (χ4n) is 1.21. The molecule has 7 heteroatoms. The third kappa shape index (κ3) is 3.69. The van der Waals surface area contributed by atoms with E-state index in [1.807, 2.05) is 0 Å². The third-order valence-corrected chi connectivity index (χ3v) is 2.45. The number of nitro groups is 1. The van der Waals surface area contributed by atoms with Crippen LogP contribution in [-0.2, 0) is 11.3 Å². The molecule has 1 atom stereocenters. The Bertz CT molecular complexity index is 450. The summed E-state index contributed by atoms with van der Waals surface area (Å²) in [6.07, 6.45) is 0. The lowest BCUT2D eigenvalue weighted by molar-refractivity contribution is -0.385. The van der Waals surface area contributed by atoms with Gasteiger partial charge in [0.25, 0.3) is 5.69 Å². The van der Waals surface area contributed by atoms with E-state index in [-0.39, 0.29) is 17.3 Å². The van der Waals surface area contributed by atoms with Crippen molar-refractivity contribution in [2.24, 2.45) is 0 Å². The molecule has 0 saturated carbocycles. The van der Waals surface area contributed by atoms with Gasteiger partial charge in [-0.05, 0) is 19.1 Å². The molecule has 1 aromatic carbocycles. The minimum Gasteiger partial charge on any atom is -0.480 e. The van der Waals surface area contributed by atoms with Gasteiger partial charge in [0.15, 0.2) is 0 Å². The Morgan fingerprint density at radius 3 is 2.82 bits per heavy atom. The molecular weight excluding hydrogens is 248 g/mol. The maximum atomic E-state index is 10.8. The van der Waals surface area contributed by atoms with Gasteiger partial charge in [0.2, 0.25) is 0 Å². The molecule has 0 spiro atoms. The normalized spacial score (nSPS) is 12.1. The standard InChI is InChI=1S/C10H11ClN2O4/c1-6(10(14)15)12-5-7-2-3-8(11)4-9(7)13(16)17/h2-4,6,12H,5H2,1H3,(H,14,15)/t6-/m1/s1. The van der Waals surface area contributed by atoms with Crippen molar-refractivity contribution in [1.82, 2.24) is 5.32 Å². The second kappa shape index (κ2) is 5.60. The van der Waals surface area contributed by atoms with E-state index in [4.69, 9.17) is 16.7 Å². The second-order valence-corrected chi connectivity index (χ2v) is 3.91. The third-order valence-electron chi connectivity index (χ3n) is 2.21. The van der Waals surface area contributed by atoms with Crippen LogP contribution in [0.15, 0.2) is 18.2 Å². The molecule has 2 N–H and O–H groups in total. The predicted molar refractivity (Wildman–Crippen MR) is 62.0 cm³/mol. The highest BCUT2D eigenvalue weighted by Crippen LogP contribution is 2.23. The molecule has 1 aromatic rings. The molecule has 0 unspecified atom stereocenters. The van der Waals surface area contributed by atoms with Crippen molar-refractivity contribution in [3.63, 3.8) is 0 Å². The minimum atomic E-state index is -1.01. The Hall–Kier alpha value is -1.66. The number of hydrogen-bond donors (Lipinski definition) is 2. The summed E-state index contributed by atoms with van der Waals surface area (Å²) in [6.45, 7) is 1.56. The first kappa shape index (κ1) is 13.4. The van der Waals surface area contributed by atoms with Crippen LogP contribution in [0.5, 0.6) is 0 Å². The van der Waals surface area contributed by atoms with E-state index >= 15 is 0 Å². The van der Waals surface area contributed by atoms with E-state index < -0.39 is 16.9 Å². The highest BCUT2D eigenvalue weighted by atomic mass is 35.5. The van der Waals surface area contributed by atoms with Gasteiger partial charge < -0.3 is 10.4 Å². The molecule has 0 aromatic heterocycles. The van der Waals surface area contributed by atoms with Gasteiger partial charge in [-0.2, -0.15) is 0 Å². The van der Waals surface area contributed by atoms with Crippen molar-refractivity contribution in [1.29, 1.82) is 0 Å². The SMILES string of the molecule is C[C@@H](NCc1ccc(Cl)cc1[N+](=O)[O-])C(=O)O. The number of aliphatic carboxylic acids is 1. The van der Waals surface area contributed by atoms with Crippen LogP contribution in [0.4, 0.5) is 5.69 Å². The van der Waals surface area contributed by atoms with Gasteiger partial charge >= 0.3 is 5.97 Å². The van der Waals surface area contributed by atoms with E-state index in [0.717, 1.165) is 0 Å². The molecule has 0 fully saturated rings.